The van der Waals surface area contributed by atoms with Crippen molar-refractivity contribution in [1.82, 2.24) is 0 Å². The van der Waals surface area contributed by atoms with Crippen LogP contribution in [0.1, 0.15) is 49.0 Å². The molecule has 1 aromatic carbocycles. The Balaban J connectivity index is 2.95. The average Bonchev–Trinajstić information content (AvgIpc) is 2.41. The van der Waals surface area contributed by atoms with Gasteiger partial charge in [-0.1, -0.05) is 49.8 Å². The first-order chi connectivity index (χ1) is 9.81. The van der Waals surface area contributed by atoms with E-state index in [4.69, 9.17) is 0 Å². The Labute approximate surface area is 123 Å². The molecule has 4 heteroatoms. The van der Waals surface area contributed by atoms with Crippen LogP contribution in [0, 0.1) is 0 Å². The number of unbranched alkanes of at least 4 members (excludes halogenated alkanes) is 1. The van der Waals surface area contributed by atoms with E-state index in [-0.39, 0.29) is 11.9 Å². The highest BCUT2D eigenvalue weighted by molar-refractivity contribution is 5.94. The minimum Gasteiger partial charge on any atom is -0.295 e. The highest BCUT2D eigenvalue weighted by Crippen LogP contribution is 2.20. The second-order valence-electron chi connectivity index (χ2n) is 4.88. The fourth-order valence-corrected chi connectivity index (χ4v) is 1.81. The van der Waals surface area contributed by atoms with E-state index >= 15 is 0 Å². The minimum atomic E-state index is -4.30. The minimum absolute atomic E-state index is 0.0336. The largest absolute Gasteiger partial charge is 0.409 e. The number of halogens is 3. The smallest absolute Gasteiger partial charge is 0.295 e. The number of benzene rings is 1. The van der Waals surface area contributed by atoms with Gasteiger partial charge in [-0.2, -0.15) is 13.2 Å². The molecule has 114 valence electrons. The molecule has 0 fully saturated rings. The highest BCUT2D eigenvalue weighted by atomic mass is 19.4. The van der Waals surface area contributed by atoms with Gasteiger partial charge >= 0.3 is 6.18 Å². The Hall–Kier alpha value is -1.84. The average molecular weight is 296 g/mol. The number of hydrogen-bond donors (Lipinski definition) is 0. The standard InChI is InChI=1S/C17H19F3O/c1-3-4-5-14(10-11-17(18,19)20)12-15-6-8-16(9-7-15)13(2)21/h6-12H,3-5H2,1-2H3/b11-10+,14-12+. The Kier molecular flexibility index (Phi) is 6.40. The molecule has 0 aliphatic carbocycles. The zero-order valence-corrected chi connectivity index (χ0v) is 12.2. The molecule has 21 heavy (non-hydrogen) atoms. The number of allylic oxidation sites excluding steroid dienone is 3. The predicted molar refractivity (Wildman–Crippen MR) is 79.1 cm³/mol. The lowest BCUT2D eigenvalue weighted by molar-refractivity contribution is -0.0798. The van der Waals surface area contributed by atoms with Crippen molar-refractivity contribution < 1.29 is 18.0 Å². The van der Waals surface area contributed by atoms with E-state index in [1.165, 1.54) is 6.92 Å². The third-order valence-corrected chi connectivity index (χ3v) is 2.97. The topological polar surface area (TPSA) is 17.1 Å². The molecule has 0 heterocycles. The fraction of sp³-hybridized carbons (Fsp3) is 0.353. The van der Waals surface area contributed by atoms with Gasteiger partial charge in [0, 0.05) is 11.6 Å². The van der Waals surface area contributed by atoms with Crippen molar-refractivity contribution in [1.29, 1.82) is 0 Å². The van der Waals surface area contributed by atoms with Gasteiger partial charge in [0.15, 0.2) is 5.78 Å². The summed E-state index contributed by atoms with van der Waals surface area (Å²) in [7, 11) is 0. The number of carbonyl (C=O) groups excluding carboxylic acids is 1. The number of ketones is 1. The lowest BCUT2D eigenvalue weighted by Gasteiger charge is -2.04. The van der Waals surface area contributed by atoms with Crippen molar-refractivity contribution in [3.05, 3.63) is 53.1 Å². The molecule has 1 aromatic rings. The zero-order valence-electron chi connectivity index (χ0n) is 12.2. The number of alkyl halides is 3. The molecule has 0 radical (unpaired) electrons. The van der Waals surface area contributed by atoms with Crippen molar-refractivity contribution in [3.63, 3.8) is 0 Å². The second-order valence-corrected chi connectivity index (χ2v) is 4.88. The normalized spacial score (nSPS) is 12.9. The molecule has 0 unspecified atom stereocenters. The van der Waals surface area contributed by atoms with Gasteiger partial charge < -0.3 is 0 Å². The predicted octanol–water partition coefficient (Wildman–Crippen LogP) is 5.58. The van der Waals surface area contributed by atoms with Gasteiger partial charge in [0.05, 0.1) is 0 Å². The second kappa shape index (κ2) is 7.81. The van der Waals surface area contributed by atoms with E-state index in [1.54, 1.807) is 30.3 Å². The Morgan fingerprint density at radius 1 is 1.19 bits per heavy atom. The van der Waals surface area contributed by atoms with E-state index in [9.17, 15) is 18.0 Å². The molecular weight excluding hydrogens is 277 g/mol. The Bertz CT molecular complexity index is 522. The summed E-state index contributed by atoms with van der Waals surface area (Å²) in [6.45, 7) is 3.47. The molecule has 1 rings (SSSR count). The molecule has 0 bridgehead atoms. The van der Waals surface area contributed by atoms with Gasteiger partial charge in [0.25, 0.3) is 0 Å². The highest BCUT2D eigenvalue weighted by Gasteiger charge is 2.21. The zero-order chi connectivity index (χ0) is 15.9. The van der Waals surface area contributed by atoms with Crippen molar-refractivity contribution in [2.45, 2.75) is 39.3 Å². The molecule has 0 N–H and O–H groups in total. The summed E-state index contributed by atoms with van der Waals surface area (Å²) < 4.78 is 36.8. The first-order valence-corrected chi connectivity index (χ1v) is 6.89. The molecular formula is C17H19F3O. The van der Waals surface area contributed by atoms with Crippen LogP contribution in [0.2, 0.25) is 0 Å². The molecule has 0 saturated carbocycles. The number of Topliss-reactive ketones (excluding diaryl/α,β-unsaturated/α-hetero) is 1. The fourth-order valence-electron chi connectivity index (χ4n) is 1.81. The van der Waals surface area contributed by atoms with Gasteiger partial charge in [-0.3, -0.25) is 4.79 Å². The van der Waals surface area contributed by atoms with E-state index < -0.39 is 6.18 Å². The van der Waals surface area contributed by atoms with E-state index in [1.807, 2.05) is 6.92 Å². The summed E-state index contributed by atoms with van der Waals surface area (Å²) in [5.41, 5.74) is 2.01. The van der Waals surface area contributed by atoms with Crippen LogP contribution in [0.5, 0.6) is 0 Å². The maximum Gasteiger partial charge on any atom is 0.409 e. The van der Waals surface area contributed by atoms with Crippen LogP contribution < -0.4 is 0 Å². The molecule has 1 nitrogen and oxygen atoms in total. The first-order valence-electron chi connectivity index (χ1n) is 6.89. The van der Waals surface area contributed by atoms with Gasteiger partial charge in [0.2, 0.25) is 0 Å². The van der Waals surface area contributed by atoms with E-state index in [0.29, 0.717) is 17.6 Å². The van der Waals surface area contributed by atoms with Crippen molar-refractivity contribution in [2.75, 3.05) is 0 Å². The monoisotopic (exact) mass is 296 g/mol. The maximum atomic E-state index is 12.3. The number of hydrogen-bond acceptors (Lipinski definition) is 1. The lowest BCUT2D eigenvalue weighted by Crippen LogP contribution is -2.00. The summed E-state index contributed by atoms with van der Waals surface area (Å²) >= 11 is 0. The molecule has 0 atom stereocenters. The number of carbonyl (C=O) groups is 1. The van der Waals surface area contributed by atoms with Crippen LogP contribution >= 0.6 is 0 Å². The molecule has 0 saturated heterocycles. The van der Waals surface area contributed by atoms with E-state index in [2.05, 4.69) is 0 Å². The summed E-state index contributed by atoms with van der Waals surface area (Å²) in [4.78, 5) is 11.2. The van der Waals surface area contributed by atoms with Crippen LogP contribution in [0.25, 0.3) is 6.08 Å². The maximum absolute atomic E-state index is 12.3. The molecule has 0 amide bonds. The van der Waals surface area contributed by atoms with E-state index in [0.717, 1.165) is 24.5 Å². The van der Waals surface area contributed by atoms with Crippen LogP contribution in [0.15, 0.2) is 42.0 Å². The van der Waals surface area contributed by atoms with Gasteiger partial charge in [-0.15, -0.1) is 0 Å². The van der Waals surface area contributed by atoms with Gasteiger partial charge in [-0.25, -0.2) is 0 Å². The third kappa shape index (κ3) is 6.93. The molecule has 0 spiro atoms. The molecule has 0 aromatic heterocycles. The Morgan fingerprint density at radius 2 is 1.81 bits per heavy atom. The van der Waals surface area contributed by atoms with Crippen LogP contribution in [-0.4, -0.2) is 12.0 Å². The summed E-state index contributed by atoms with van der Waals surface area (Å²) in [6, 6.07) is 6.84. The third-order valence-electron chi connectivity index (χ3n) is 2.97. The number of rotatable bonds is 6. The van der Waals surface area contributed by atoms with Gasteiger partial charge in [0.1, 0.15) is 0 Å². The first kappa shape index (κ1) is 17.2. The summed E-state index contributed by atoms with van der Waals surface area (Å²) in [5, 5.41) is 0. The SMILES string of the molecule is CCCCC(/C=C/C(F)(F)F)=C\c1ccc(C(C)=O)cc1. The molecule has 0 aliphatic heterocycles. The van der Waals surface area contributed by atoms with Crippen molar-refractivity contribution in [2.24, 2.45) is 0 Å². The quantitative estimate of drug-likeness (QED) is 0.494. The summed E-state index contributed by atoms with van der Waals surface area (Å²) in [6.07, 6.45) is 1.15. The summed E-state index contributed by atoms with van der Waals surface area (Å²) in [5.74, 6) is -0.0336. The van der Waals surface area contributed by atoms with Crippen LogP contribution in [-0.2, 0) is 0 Å². The lowest BCUT2D eigenvalue weighted by atomic mass is 10.0. The van der Waals surface area contributed by atoms with Crippen molar-refractivity contribution in [3.8, 4) is 0 Å². The van der Waals surface area contributed by atoms with Crippen molar-refractivity contribution >= 4 is 11.9 Å². The van der Waals surface area contributed by atoms with Crippen LogP contribution in [0.4, 0.5) is 13.2 Å². The molecule has 0 aliphatic rings. The Morgan fingerprint density at radius 3 is 2.29 bits per heavy atom. The van der Waals surface area contributed by atoms with Gasteiger partial charge in [-0.05, 0) is 30.9 Å². The van der Waals surface area contributed by atoms with Crippen LogP contribution in [0.3, 0.4) is 0 Å².